The maximum Gasteiger partial charge on any atom is 0.262 e. The molecule has 1 aromatic rings. The summed E-state index contributed by atoms with van der Waals surface area (Å²) in [6, 6.07) is 8.58. The SMILES string of the molecule is CC(C)CC(c1ccc(OC(=S)NC2(C)CC3CC(C)CC3C2)cc1)C(C)C. The first-order chi connectivity index (χ1) is 13.1. The van der Waals surface area contributed by atoms with Crippen molar-refractivity contribution in [3.63, 3.8) is 0 Å². The van der Waals surface area contributed by atoms with E-state index in [4.69, 9.17) is 17.0 Å². The van der Waals surface area contributed by atoms with Crippen molar-refractivity contribution in [3.8, 4) is 5.75 Å². The molecule has 0 amide bonds. The molecule has 0 heterocycles. The Bertz CT molecular complexity index is 652. The van der Waals surface area contributed by atoms with Crippen LogP contribution >= 0.6 is 12.2 Å². The summed E-state index contributed by atoms with van der Waals surface area (Å²) in [4.78, 5) is 0. The molecule has 2 aliphatic carbocycles. The van der Waals surface area contributed by atoms with Crippen LogP contribution in [0.5, 0.6) is 5.75 Å². The molecule has 3 rings (SSSR count). The largest absolute Gasteiger partial charge is 0.432 e. The lowest BCUT2D eigenvalue weighted by Crippen LogP contribution is -2.45. The second kappa shape index (κ2) is 8.73. The molecule has 2 saturated carbocycles. The van der Waals surface area contributed by atoms with Crippen molar-refractivity contribution in [2.24, 2.45) is 29.6 Å². The van der Waals surface area contributed by atoms with Gasteiger partial charge in [0.1, 0.15) is 5.75 Å². The van der Waals surface area contributed by atoms with Gasteiger partial charge in [0.2, 0.25) is 0 Å². The van der Waals surface area contributed by atoms with E-state index >= 15 is 0 Å². The second-order valence-corrected chi connectivity index (χ2v) is 11.0. The van der Waals surface area contributed by atoms with Crippen LogP contribution in [0, 0.1) is 29.6 Å². The summed E-state index contributed by atoms with van der Waals surface area (Å²) in [6.07, 6.45) is 6.41. The topological polar surface area (TPSA) is 21.3 Å². The summed E-state index contributed by atoms with van der Waals surface area (Å²) in [5, 5.41) is 4.06. The van der Waals surface area contributed by atoms with Crippen LogP contribution in [0.2, 0.25) is 0 Å². The summed E-state index contributed by atoms with van der Waals surface area (Å²) in [5.74, 6) is 5.40. The fourth-order valence-corrected chi connectivity index (χ4v) is 6.16. The van der Waals surface area contributed by atoms with Crippen molar-refractivity contribution in [3.05, 3.63) is 29.8 Å². The van der Waals surface area contributed by atoms with E-state index in [9.17, 15) is 0 Å². The Morgan fingerprint density at radius 3 is 2.18 bits per heavy atom. The molecule has 3 unspecified atom stereocenters. The minimum atomic E-state index is 0.0898. The van der Waals surface area contributed by atoms with Crippen LogP contribution in [0.4, 0.5) is 0 Å². The molecule has 3 heteroatoms. The standard InChI is InChI=1S/C25H39NOS/c1-16(2)11-23(17(3)4)19-7-9-22(10-8-19)27-24(28)26-25(6)14-20-12-18(5)13-21(20)15-25/h7-10,16-18,20-21,23H,11-15H2,1-6H3,(H,26,28). The Labute approximate surface area is 177 Å². The van der Waals surface area contributed by atoms with Gasteiger partial charge in [-0.15, -0.1) is 0 Å². The van der Waals surface area contributed by atoms with Gasteiger partial charge in [0.25, 0.3) is 5.17 Å². The van der Waals surface area contributed by atoms with Gasteiger partial charge in [0.05, 0.1) is 0 Å². The molecule has 0 bridgehead atoms. The molecule has 3 atom stereocenters. The Hall–Kier alpha value is -1.09. The van der Waals surface area contributed by atoms with Crippen LogP contribution < -0.4 is 10.1 Å². The molecule has 0 aromatic heterocycles. The van der Waals surface area contributed by atoms with Crippen LogP contribution in [0.3, 0.4) is 0 Å². The predicted molar refractivity (Wildman–Crippen MR) is 123 cm³/mol. The first-order valence-corrected chi connectivity index (χ1v) is 11.7. The van der Waals surface area contributed by atoms with E-state index in [-0.39, 0.29) is 5.54 Å². The molecule has 1 aromatic carbocycles. The van der Waals surface area contributed by atoms with Gasteiger partial charge in [-0.05, 0) is 104 Å². The summed E-state index contributed by atoms with van der Waals surface area (Å²) >= 11 is 5.55. The molecule has 0 radical (unpaired) electrons. The number of rotatable bonds is 6. The lowest BCUT2D eigenvalue weighted by atomic mass is 9.82. The first-order valence-electron chi connectivity index (χ1n) is 11.2. The number of thiocarbonyl (C=S) groups is 1. The number of benzene rings is 1. The molecular formula is C25H39NOS. The van der Waals surface area contributed by atoms with Crippen LogP contribution in [0.15, 0.2) is 24.3 Å². The fourth-order valence-electron chi connectivity index (χ4n) is 5.82. The maximum atomic E-state index is 5.98. The number of fused-ring (bicyclic) bond motifs is 1. The fraction of sp³-hybridized carbons (Fsp3) is 0.720. The third-order valence-corrected chi connectivity index (χ3v) is 7.14. The minimum Gasteiger partial charge on any atom is -0.432 e. The van der Waals surface area contributed by atoms with Gasteiger partial charge >= 0.3 is 0 Å². The van der Waals surface area contributed by atoms with E-state index in [2.05, 4.69) is 71.1 Å². The van der Waals surface area contributed by atoms with E-state index < -0.39 is 0 Å². The molecule has 1 N–H and O–H groups in total. The van der Waals surface area contributed by atoms with Crippen molar-refractivity contribution in [2.45, 2.75) is 85.1 Å². The van der Waals surface area contributed by atoms with E-state index in [0.29, 0.717) is 22.9 Å². The highest BCUT2D eigenvalue weighted by atomic mass is 32.1. The molecule has 2 nitrogen and oxygen atoms in total. The van der Waals surface area contributed by atoms with Crippen molar-refractivity contribution < 1.29 is 4.74 Å². The highest BCUT2D eigenvalue weighted by Gasteiger charge is 2.46. The van der Waals surface area contributed by atoms with Crippen LogP contribution in [-0.4, -0.2) is 10.7 Å². The number of ether oxygens (including phenoxy) is 1. The third-order valence-electron chi connectivity index (χ3n) is 6.96. The molecule has 2 fully saturated rings. The molecule has 0 aliphatic heterocycles. The van der Waals surface area contributed by atoms with E-state index in [1.807, 2.05) is 0 Å². The Kier molecular flexibility index (Phi) is 6.74. The molecule has 2 aliphatic rings. The molecule has 28 heavy (non-hydrogen) atoms. The van der Waals surface area contributed by atoms with E-state index in [1.54, 1.807) is 0 Å². The highest BCUT2D eigenvalue weighted by molar-refractivity contribution is 7.80. The van der Waals surface area contributed by atoms with E-state index in [1.165, 1.54) is 37.7 Å². The Balaban J connectivity index is 1.56. The highest BCUT2D eigenvalue weighted by Crippen LogP contribution is 2.50. The first kappa shape index (κ1) is 21.6. The second-order valence-electron chi connectivity index (χ2n) is 10.6. The summed E-state index contributed by atoms with van der Waals surface area (Å²) in [5.41, 5.74) is 1.49. The van der Waals surface area contributed by atoms with Gasteiger partial charge in [-0.2, -0.15) is 0 Å². The van der Waals surface area contributed by atoms with Crippen molar-refractivity contribution in [1.82, 2.24) is 5.32 Å². The minimum absolute atomic E-state index is 0.0898. The monoisotopic (exact) mass is 401 g/mol. The average molecular weight is 402 g/mol. The van der Waals surface area contributed by atoms with Crippen LogP contribution in [0.1, 0.15) is 85.1 Å². The molecule has 0 saturated heterocycles. The number of hydrogen-bond acceptors (Lipinski definition) is 2. The van der Waals surface area contributed by atoms with E-state index in [0.717, 1.165) is 23.5 Å². The van der Waals surface area contributed by atoms with Crippen LogP contribution in [-0.2, 0) is 0 Å². The smallest absolute Gasteiger partial charge is 0.262 e. The normalized spacial score (nSPS) is 30.5. The molecule has 156 valence electrons. The zero-order chi connectivity index (χ0) is 20.5. The van der Waals surface area contributed by atoms with Crippen molar-refractivity contribution in [2.75, 3.05) is 0 Å². The number of nitrogens with one attached hydrogen (secondary N) is 1. The predicted octanol–water partition coefficient (Wildman–Crippen LogP) is 6.94. The Morgan fingerprint density at radius 1 is 1.11 bits per heavy atom. The van der Waals surface area contributed by atoms with Gasteiger partial charge in [-0.25, -0.2) is 0 Å². The summed E-state index contributed by atoms with van der Waals surface area (Å²) in [6.45, 7) is 13.9. The van der Waals surface area contributed by atoms with Gasteiger partial charge in [-0.3, -0.25) is 0 Å². The zero-order valence-corrected chi connectivity index (χ0v) is 19.4. The summed E-state index contributed by atoms with van der Waals surface area (Å²) in [7, 11) is 0. The van der Waals surface area contributed by atoms with Gasteiger partial charge in [0.15, 0.2) is 0 Å². The zero-order valence-electron chi connectivity index (χ0n) is 18.6. The summed E-state index contributed by atoms with van der Waals surface area (Å²) < 4.78 is 5.98. The number of hydrogen-bond donors (Lipinski definition) is 1. The van der Waals surface area contributed by atoms with Gasteiger partial charge in [-0.1, -0.05) is 46.8 Å². The van der Waals surface area contributed by atoms with Gasteiger partial charge in [0, 0.05) is 5.54 Å². The third kappa shape index (κ3) is 5.28. The molecule has 0 spiro atoms. The maximum absolute atomic E-state index is 5.98. The molecular weight excluding hydrogens is 362 g/mol. The van der Waals surface area contributed by atoms with Gasteiger partial charge < -0.3 is 10.1 Å². The lowest BCUT2D eigenvalue weighted by Gasteiger charge is -2.28. The average Bonchev–Trinajstić information content (AvgIpc) is 3.05. The van der Waals surface area contributed by atoms with Crippen LogP contribution in [0.25, 0.3) is 0 Å². The lowest BCUT2D eigenvalue weighted by molar-refractivity contribution is 0.354. The quantitative estimate of drug-likeness (QED) is 0.522. The Morgan fingerprint density at radius 2 is 1.68 bits per heavy atom. The van der Waals surface area contributed by atoms with Crippen molar-refractivity contribution >= 4 is 17.4 Å². The van der Waals surface area contributed by atoms with Crippen molar-refractivity contribution in [1.29, 1.82) is 0 Å².